The second kappa shape index (κ2) is 5.93. The van der Waals surface area contributed by atoms with Crippen LogP contribution in [-0.2, 0) is 4.74 Å². The van der Waals surface area contributed by atoms with E-state index >= 15 is 0 Å². The van der Waals surface area contributed by atoms with Gasteiger partial charge in [-0.2, -0.15) is 0 Å². The third-order valence-corrected chi connectivity index (χ3v) is 3.40. The molecular formula is C14H21N3O2. The zero-order valence-electron chi connectivity index (χ0n) is 11.4. The highest BCUT2D eigenvalue weighted by Gasteiger charge is 2.29. The summed E-state index contributed by atoms with van der Waals surface area (Å²) in [6.07, 6.45) is 2.32. The van der Waals surface area contributed by atoms with Crippen molar-refractivity contribution in [2.45, 2.75) is 31.9 Å². The Hall–Kier alpha value is -1.75. The summed E-state index contributed by atoms with van der Waals surface area (Å²) in [6, 6.07) is 5.65. The average molecular weight is 263 g/mol. The molecule has 1 amide bonds. The first-order valence-electron chi connectivity index (χ1n) is 6.63. The topological polar surface area (TPSA) is 76.4 Å². The molecule has 4 N–H and O–H groups in total. The molecule has 0 aromatic heterocycles. The summed E-state index contributed by atoms with van der Waals surface area (Å²) in [5.41, 5.74) is 8.02. The first-order valence-corrected chi connectivity index (χ1v) is 6.63. The number of anilines is 2. The van der Waals surface area contributed by atoms with Gasteiger partial charge in [-0.3, -0.25) is 4.79 Å². The molecule has 104 valence electrons. The standard InChI is InChI=1S/C14H21N3O2/c1-3-19-11-7-10(8-11)17-13-6-9(14(18)16-2)4-5-12(13)15/h4-6,10-11,17H,3,7-8,15H2,1-2H3,(H,16,18). The van der Waals surface area contributed by atoms with Crippen LogP contribution in [0, 0.1) is 0 Å². The summed E-state index contributed by atoms with van der Waals surface area (Å²) in [4.78, 5) is 11.6. The molecule has 0 saturated heterocycles. The van der Waals surface area contributed by atoms with Crippen LogP contribution in [0.15, 0.2) is 18.2 Å². The molecule has 1 saturated carbocycles. The molecule has 0 bridgehead atoms. The van der Waals surface area contributed by atoms with Gasteiger partial charge in [0.15, 0.2) is 0 Å². The number of carbonyl (C=O) groups excluding carboxylic acids is 1. The van der Waals surface area contributed by atoms with Crippen LogP contribution in [0.3, 0.4) is 0 Å². The van der Waals surface area contributed by atoms with E-state index in [1.165, 1.54) is 0 Å². The van der Waals surface area contributed by atoms with E-state index < -0.39 is 0 Å². The van der Waals surface area contributed by atoms with Crippen LogP contribution >= 0.6 is 0 Å². The predicted octanol–water partition coefficient (Wildman–Crippen LogP) is 1.61. The molecule has 0 spiro atoms. The lowest BCUT2D eigenvalue weighted by molar-refractivity contribution is 0.00300. The van der Waals surface area contributed by atoms with Crippen molar-refractivity contribution in [3.05, 3.63) is 23.8 Å². The number of amides is 1. The van der Waals surface area contributed by atoms with Crippen LogP contribution in [0.5, 0.6) is 0 Å². The quantitative estimate of drug-likeness (QED) is 0.705. The van der Waals surface area contributed by atoms with Crippen molar-refractivity contribution in [1.29, 1.82) is 0 Å². The summed E-state index contributed by atoms with van der Waals surface area (Å²) in [7, 11) is 1.62. The first-order chi connectivity index (χ1) is 9.13. The van der Waals surface area contributed by atoms with E-state index in [2.05, 4.69) is 10.6 Å². The number of hydrogen-bond acceptors (Lipinski definition) is 4. The number of carbonyl (C=O) groups is 1. The van der Waals surface area contributed by atoms with E-state index in [1.807, 2.05) is 6.92 Å². The van der Waals surface area contributed by atoms with Crippen LogP contribution in [0.2, 0.25) is 0 Å². The van der Waals surface area contributed by atoms with Gasteiger partial charge in [0.25, 0.3) is 5.91 Å². The summed E-state index contributed by atoms with van der Waals surface area (Å²) >= 11 is 0. The van der Waals surface area contributed by atoms with Crippen molar-refractivity contribution in [3.63, 3.8) is 0 Å². The number of benzene rings is 1. The van der Waals surface area contributed by atoms with Crippen LogP contribution < -0.4 is 16.4 Å². The Morgan fingerprint density at radius 3 is 2.84 bits per heavy atom. The molecule has 1 aliphatic carbocycles. The molecule has 0 radical (unpaired) electrons. The van der Waals surface area contributed by atoms with Gasteiger partial charge in [-0.05, 0) is 38.0 Å². The average Bonchev–Trinajstić information content (AvgIpc) is 2.37. The minimum Gasteiger partial charge on any atom is -0.397 e. The predicted molar refractivity (Wildman–Crippen MR) is 76.3 cm³/mol. The molecular weight excluding hydrogens is 242 g/mol. The largest absolute Gasteiger partial charge is 0.397 e. The van der Waals surface area contributed by atoms with Crippen LogP contribution in [0.4, 0.5) is 11.4 Å². The van der Waals surface area contributed by atoms with Crippen molar-refractivity contribution < 1.29 is 9.53 Å². The Kier molecular flexibility index (Phi) is 4.27. The molecule has 0 heterocycles. The molecule has 2 rings (SSSR count). The summed E-state index contributed by atoms with van der Waals surface area (Å²) in [6.45, 7) is 2.76. The van der Waals surface area contributed by atoms with E-state index in [1.54, 1.807) is 25.2 Å². The zero-order valence-corrected chi connectivity index (χ0v) is 11.4. The Labute approximate surface area is 113 Å². The normalized spacial score (nSPS) is 21.6. The SMILES string of the molecule is CCOC1CC(Nc2cc(C(=O)NC)ccc2N)C1. The number of rotatable bonds is 5. The van der Waals surface area contributed by atoms with Crippen LogP contribution in [-0.4, -0.2) is 31.7 Å². The molecule has 1 aliphatic rings. The van der Waals surface area contributed by atoms with Gasteiger partial charge in [-0.1, -0.05) is 0 Å². The van der Waals surface area contributed by atoms with Gasteiger partial charge in [-0.25, -0.2) is 0 Å². The lowest BCUT2D eigenvalue weighted by atomic mass is 9.89. The lowest BCUT2D eigenvalue weighted by Crippen LogP contribution is -2.41. The van der Waals surface area contributed by atoms with Gasteiger partial charge in [0.05, 0.1) is 17.5 Å². The van der Waals surface area contributed by atoms with Crippen molar-refractivity contribution in [2.24, 2.45) is 0 Å². The molecule has 5 heteroatoms. The first kappa shape index (κ1) is 13.7. The maximum Gasteiger partial charge on any atom is 0.251 e. The minimum atomic E-state index is -0.108. The molecule has 1 fully saturated rings. The minimum absolute atomic E-state index is 0.108. The number of ether oxygens (including phenoxy) is 1. The maximum absolute atomic E-state index is 11.6. The Morgan fingerprint density at radius 1 is 1.47 bits per heavy atom. The Bertz CT molecular complexity index is 456. The van der Waals surface area contributed by atoms with E-state index in [4.69, 9.17) is 10.5 Å². The maximum atomic E-state index is 11.6. The lowest BCUT2D eigenvalue weighted by Gasteiger charge is -2.36. The molecule has 0 aliphatic heterocycles. The number of nitrogens with two attached hydrogens (primary N) is 1. The Balaban J connectivity index is 1.98. The van der Waals surface area contributed by atoms with Crippen molar-refractivity contribution in [3.8, 4) is 0 Å². The van der Waals surface area contributed by atoms with Gasteiger partial charge >= 0.3 is 0 Å². The highest BCUT2D eigenvalue weighted by atomic mass is 16.5. The second-order valence-corrected chi connectivity index (χ2v) is 4.77. The number of hydrogen-bond donors (Lipinski definition) is 3. The molecule has 0 unspecified atom stereocenters. The highest BCUT2D eigenvalue weighted by Crippen LogP contribution is 2.29. The van der Waals surface area contributed by atoms with Gasteiger partial charge in [-0.15, -0.1) is 0 Å². The molecule has 1 aromatic rings. The molecule has 0 atom stereocenters. The van der Waals surface area contributed by atoms with Gasteiger partial charge in [0.2, 0.25) is 0 Å². The fourth-order valence-corrected chi connectivity index (χ4v) is 2.24. The van der Waals surface area contributed by atoms with Gasteiger partial charge in [0.1, 0.15) is 0 Å². The van der Waals surface area contributed by atoms with E-state index in [0.717, 1.165) is 25.1 Å². The third-order valence-electron chi connectivity index (χ3n) is 3.40. The van der Waals surface area contributed by atoms with Crippen molar-refractivity contribution >= 4 is 17.3 Å². The summed E-state index contributed by atoms with van der Waals surface area (Å²) in [5.74, 6) is -0.108. The van der Waals surface area contributed by atoms with Gasteiger partial charge in [0, 0.05) is 25.3 Å². The molecule has 19 heavy (non-hydrogen) atoms. The molecule has 1 aromatic carbocycles. The third kappa shape index (κ3) is 3.17. The zero-order chi connectivity index (χ0) is 13.8. The number of nitrogen functional groups attached to an aromatic ring is 1. The number of nitrogens with one attached hydrogen (secondary N) is 2. The fourth-order valence-electron chi connectivity index (χ4n) is 2.24. The van der Waals surface area contributed by atoms with Crippen molar-refractivity contribution in [2.75, 3.05) is 24.7 Å². The van der Waals surface area contributed by atoms with E-state index in [9.17, 15) is 4.79 Å². The highest BCUT2D eigenvalue weighted by molar-refractivity contribution is 5.96. The molecule has 5 nitrogen and oxygen atoms in total. The van der Waals surface area contributed by atoms with Crippen LogP contribution in [0.25, 0.3) is 0 Å². The monoisotopic (exact) mass is 263 g/mol. The summed E-state index contributed by atoms with van der Waals surface area (Å²) < 4.78 is 5.52. The smallest absolute Gasteiger partial charge is 0.251 e. The van der Waals surface area contributed by atoms with Gasteiger partial charge < -0.3 is 21.1 Å². The van der Waals surface area contributed by atoms with Crippen LogP contribution in [0.1, 0.15) is 30.1 Å². The Morgan fingerprint density at radius 2 is 2.21 bits per heavy atom. The summed E-state index contributed by atoms with van der Waals surface area (Å²) in [5, 5.41) is 5.97. The van der Waals surface area contributed by atoms with E-state index in [-0.39, 0.29) is 5.91 Å². The van der Waals surface area contributed by atoms with Crippen molar-refractivity contribution in [1.82, 2.24) is 5.32 Å². The second-order valence-electron chi connectivity index (χ2n) is 4.77. The van der Waals surface area contributed by atoms with E-state index in [0.29, 0.717) is 23.4 Å². The fraction of sp³-hybridized carbons (Fsp3) is 0.500.